The van der Waals surface area contributed by atoms with E-state index in [2.05, 4.69) is 15.3 Å². The van der Waals surface area contributed by atoms with Crippen LogP contribution in [0.5, 0.6) is 0 Å². The number of nitrogens with zero attached hydrogens (tertiary/aromatic N) is 1. The van der Waals surface area contributed by atoms with Crippen LogP contribution in [0.1, 0.15) is 34.5 Å². The summed E-state index contributed by atoms with van der Waals surface area (Å²) in [6, 6.07) is 0. The molecule has 0 fully saturated rings. The van der Waals surface area contributed by atoms with E-state index < -0.39 is 0 Å². The standard InChI is InChI=1S/C13H17N3O3S/c1-8-9-11(18)15-7-16-13(9)20-10(8)12(19)14-5-3-2-4-6-17/h7,17H,2-6H2,1H3,(H,14,19)(H,15,16,18). The van der Waals surface area contributed by atoms with Crippen molar-refractivity contribution in [1.82, 2.24) is 15.3 Å². The number of thiophene rings is 1. The molecule has 0 bridgehead atoms. The van der Waals surface area contributed by atoms with E-state index in [1.54, 1.807) is 6.92 Å². The molecule has 0 aliphatic rings. The Morgan fingerprint density at radius 2 is 2.25 bits per heavy atom. The lowest BCUT2D eigenvalue weighted by Crippen LogP contribution is -2.24. The Labute approximate surface area is 119 Å². The van der Waals surface area contributed by atoms with Gasteiger partial charge in [-0.25, -0.2) is 4.98 Å². The van der Waals surface area contributed by atoms with Crippen LogP contribution in [0.3, 0.4) is 0 Å². The van der Waals surface area contributed by atoms with Crippen molar-refractivity contribution in [3.63, 3.8) is 0 Å². The molecule has 6 nitrogen and oxygen atoms in total. The van der Waals surface area contributed by atoms with Crippen molar-refractivity contribution < 1.29 is 9.90 Å². The first-order chi connectivity index (χ1) is 9.65. The van der Waals surface area contributed by atoms with Gasteiger partial charge in [-0.15, -0.1) is 11.3 Å². The van der Waals surface area contributed by atoms with E-state index >= 15 is 0 Å². The smallest absolute Gasteiger partial charge is 0.261 e. The maximum atomic E-state index is 12.1. The summed E-state index contributed by atoms with van der Waals surface area (Å²) in [5, 5.41) is 12.0. The molecule has 0 aromatic carbocycles. The molecule has 0 aliphatic carbocycles. The summed E-state index contributed by atoms with van der Waals surface area (Å²) in [7, 11) is 0. The van der Waals surface area contributed by atoms with Crippen molar-refractivity contribution in [2.75, 3.05) is 13.2 Å². The fourth-order valence-electron chi connectivity index (χ4n) is 1.99. The fraction of sp³-hybridized carbons (Fsp3) is 0.462. The second kappa shape index (κ2) is 6.62. The summed E-state index contributed by atoms with van der Waals surface area (Å²) in [6.45, 7) is 2.50. The predicted octanol–water partition coefficient (Wildman–Crippen LogP) is 1.19. The van der Waals surface area contributed by atoms with Crippen molar-refractivity contribution in [3.05, 3.63) is 27.1 Å². The number of hydrogen-bond donors (Lipinski definition) is 3. The van der Waals surface area contributed by atoms with E-state index in [1.807, 2.05) is 0 Å². The SMILES string of the molecule is Cc1c(C(=O)NCCCCCO)sc2nc[nH]c(=O)c12. The minimum Gasteiger partial charge on any atom is -0.396 e. The number of carbonyl (C=O) groups is 1. The molecule has 0 atom stereocenters. The number of aliphatic hydroxyl groups excluding tert-OH is 1. The van der Waals surface area contributed by atoms with Crippen molar-refractivity contribution in [2.24, 2.45) is 0 Å². The van der Waals surface area contributed by atoms with E-state index in [-0.39, 0.29) is 18.1 Å². The third kappa shape index (κ3) is 3.05. The molecule has 0 saturated carbocycles. The highest BCUT2D eigenvalue weighted by Gasteiger charge is 2.17. The zero-order chi connectivity index (χ0) is 14.5. The van der Waals surface area contributed by atoms with E-state index in [0.717, 1.165) is 19.3 Å². The van der Waals surface area contributed by atoms with Gasteiger partial charge >= 0.3 is 0 Å². The Kier molecular flexibility index (Phi) is 4.86. The first-order valence-corrected chi connectivity index (χ1v) is 7.32. The summed E-state index contributed by atoms with van der Waals surface area (Å²) >= 11 is 1.23. The fourth-order valence-corrected chi connectivity index (χ4v) is 3.06. The van der Waals surface area contributed by atoms with Crippen LogP contribution >= 0.6 is 11.3 Å². The lowest BCUT2D eigenvalue weighted by molar-refractivity contribution is 0.0956. The van der Waals surface area contributed by atoms with Gasteiger partial charge in [-0.2, -0.15) is 0 Å². The molecule has 0 saturated heterocycles. The van der Waals surface area contributed by atoms with E-state index in [0.29, 0.717) is 27.2 Å². The first-order valence-electron chi connectivity index (χ1n) is 6.51. The van der Waals surface area contributed by atoms with Gasteiger partial charge in [0.05, 0.1) is 16.6 Å². The van der Waals surface area contributed by atoms with Crippen molar-refractivity contribution in [3.8, 4) is 0 Å². The first kappa shape index (κ1) is 14.7. The van der Waals surface area contributed by atoms with Gasteiger partial charge in [-0.1, -0.05) is 0 Å². The van der Waals surface area contributed by atoms with Crippen LogP contribution in [0.15, 0.2) is 11.1 Å². The molecule has 0 radical (unpaired) electrons. The van der Waals surface area contributed by atoms with Crippen molar-refractivity contribution in [1.29, 1.82) is 0 Å². The number of fused-ring (bicyclic) bond motifs is 1. The molecular formula is C13H17N3O3S. The Balaban J connectivity index is 2.09. The maximum absolute atomic E-state index is 12.1. The molecule has 0 spiro atoms. The molecule has 2 aromatic rings. The molecule has 2 aromatic heterocycles. The van der Waals surface area contributed by atoms with Gasteiger partial charge in [0, 0.05) is 13.2 Å². The van der Waals surface area contributed by atoms with Gasteiger partial charge < -0.3 is 15.4 Å². The van der Waals surface area contributed by atoms with Crippen LogP contribution in [0.4, 0.5) is 0 Å². The second-order valence-corrected chi connectivity index (χ2v) is 5.51. The lowest BCUT2D eigenvalue weighted by atomic mass is 10.2. The Morgan fingerprint density at radius 1 is 1.45 bits per heavy atom. The van der Waals surface area contributed by atoms with E-state index in [1.165, 1.54) is 17.7 Å². The third-order valence-corrected chi connectivity index (χ3v) is 4.26. The summed E-state index contributed by atoms with van der Waals surface area (Å²) in [5.74, 6) is -0.172. The lowest BCUT2D eigenvalue weighted by Gasteiger charge is -2.03. The molecule has 0 unspecified atom stereocenters. The highest BCUT2D eigenvalue weighted by atomic mass is 32.1. The number of aryl methyl sites for hydroxylation is 1. The third-order valence-electron chi connectivity index (χ3n) is 3.06. The number of aromatic nitrogens is 2. The molecular weight excluding hydrogens is 278 g/mol. The number of amides is 1. The minimum atomic E-state index is -0.217. The average Bonchev–Trinajstić information content (AvgIpc) is 2.77. The Bertz CT molecular complexity index is 662. The number of H-pyrrole nitrogens is 1. The molecule has 7 heteroatoms. The molecule has 1 amide bonds. The largest absolute Gasteiger partial charge is 0.396 e. The summed E-state index contributed by atoms with van der Waals surface area (Å²) in [6.07, 6.45) is 3.80. The van der Waals surface area contributed by atoms with Gasteiger partial charge in [0.2, 0.25) is 0 Å². The highest BCUT2D eigenvalue weighted by molar-refractivity contribution is 7.20. The normalized spacial score (nSPS) is 10.9. The van der Waals surface area contributed by atoms with E-state index in [4.69, 9.17) is 5.11 Å². The van der Waals surface area contributed by atoms with Crippen LogP contribution in [0.2, 0.25) is 0 Å². The van der Waals surface area contributed by atoms with Gasteiger partial charge in [-0.05, 0) is 31.7 Å². The van der Waals surface area contributed by atoms with Gasteiger partial charge in [0.15, 0.2) is 0 Å². The van der Waals surface area contributed by atoms with Crippen molar-refractivity contribution in [2.45, 2.75) is 26.2 Å². The summed E-state index contributed by atoms with van der Waals surface area (Å²) in [5.41, 5.74) is 0.456. The van der Waals surface area contributed by atoms with Crippen LogP contribution in [0.25, 0.3) is 10.2 Å². The predicted molar refractivity (Wildman–Crippen MR) is 78.2 cm³/mol. The zero-order valence-electron chi connectivity index (χ0n) is 11.2. The topological polar surface area (TPSA) is 95.1 Å². The number of unbranched alkanes of at least 4 members (excludes halogenated alkanes) is 2. The average molecular weight is 295 g/mol. The monoisotopic (exact) mass is 295 g/mol. The van der Waals surface area contributed by atoms with Crippen LogP contribution in [0, 0.1) is 6.92 Å². The number of hydrogen-bond acceptors (Lipinski definition) is 5. The van der Waals surface area contributed by atoms with Gasteiger partial charge in [0.25, 0.3) is 11.5 Å². The van der Waals surface area contributed by atoms with Gasteiger partial charge in [0.1, 0.15) is 4.83 Å². The quantitative estimate of drug-likeness (QED) is 0.697. The zero-order valence-corrected chi connectivity index (χ0v) is 12.0. The Hall–Kier alpha value is -1.73. The van der Waals surface area contributed by atoms with Gasteiger partial charge in [-0.3, -0.25) is 9.59 Å². The summed E-state index contributed by atoms with van der Waals surface area (Å²) < 4.78 is 0. The molecule has 2 rings (SSSR count). The molecule has 108 valence electrons. The number of nitrogens with one attached hydrogen (secondary N) is 2. The number of aromatic amines is 1. The number of carbonyl (C=O) groups excluding carboxylic acids is 1. The Morgan fingerprint density at radius 3 is 2.95 bits per heavy atom. The molecule has 3 N–H and O–H groups in total. The molecule has 20 heavy (non-hydrogen) atoms. The highest BCUT2D eigenvalue weighted by Crippen LogP contribution is 2.26. The van der Waals surface area contributed by atoms with Crippen molar-refractivity contribution >= 4 is 27.5 Å². The second-order valence-electron chi connectivity index (χ2n) is 4.51. The van der Waals surface area contributed by atoms with Crippen LogP contribution < -0.4 is 10.9 Å². The summed E-state index contributed by atoms with van der Waals surface area (Å²) in [4.78, 5) is 31.5. The van der Waals surface area contributed by atoms with Crippen LogP contribution in [-0.2, 0) is 0 Å². The maximum Gasteiger partial charge on any atom is 0.261 e. The number of rotatable bonds is 6. The minimum absolute atomic E-state index is 0.172. The van der Waals surface area contributed by atoms with E-state index in [9.17, 15) is 9.59 Å². The van der Waals surface area contributed by atoms with Crippen LogP contribution in [-0.4, -0.2) is 34.1 Å². The molecule has 2 heterocycles. The number of aliphatic hydroxyl groups is 1. The molecule has 0 aliphatic heterocycles.